The van der Waals surface area contributed by atoms with Crippen molar-refractivity contribution in [2.75, 3.05) is 20.8 Å². The minimum Gasteiger partial charge on any atom is -0.493 e. The highest BCUT2D eigenvalue weighted by molar-refractivity contribution is 9.10. The largest absolute Gasteiger partial charge is 0.493 e. The molecule has 1 aromatic heterocycles. The van der Waals surface area contributed by atoms with E-state index in [9.17, 15) is 9.59 Å². The Hall–Kier alpha value is -3.58. The topological polar surface area (TPSA) is 75.0 Å². The SMILES string of the molecule is COc1ccc(-c2c(C)c3cc(OCC(=O)c4ccc(Br)cc4)ccc3oc2=O)cc1OC. The third-order valence-corrected chi connectivity index (χ3v) is 5.87. The van der Waals surface area contributed by atoms with Crippen molar-refractivity contribution in [3.63, 3.8) is 0 Å². The molecule has 0 fully saturated rings. The lowest BCUT2D eigenvalue weighted by Gasteiger charge is -2.12. The third kappa shape index (κ3) is 4.64. The van der Waals surface area contributed by atoms with Crippen molar-refractivity contribution in [1.82, 2.24) is 0 Å². The number of hydrogen-bond acceptors (Lipinski definition) is 6. The lowest BCUT2D eigenvalue weighted by Crippen LogP contribution is -2.11. The molecule has 0 bridgehead atoms. The maximum Gasteiger partial charge on any atom is 0.344 e. The van der Waals surface area contributed by atoms with Gasteiger partial charge in [-0.05, 0) is 60.5 Å². The van der Waals surface area contributed by atoms with E-state index in [1.165, 1.54) is 7.11 Å². The first-order valence-electron chi connectivity index (χ1n) is 10.1. The summed E-state index contributed by atoms with van der Waals surface area (Å²) in [5.41, 5.74) is 2.36. The molecule has 0 N–H and O–H groups in total. The monoisotopic (exact) mass is 508 g/mol. The number of halogens is 1. The number of ketones is 1. The number of ether oxygens (including phenoxy) is 3. The molecule has 0 saturated heterocycles. The maximum absolute atomic E-state index is 12.8. The van der Waals surface area contributed by atoms with Crippen LogP contribution in [0.5, 0.6) is 17.2 Å². The summed E-state index contributed by atoms with van der Waals surface area (Å²) in [5.74, 6) is 1.45. The molecule has 4 aromatic rings. The summed E-state index contributed by atoms with van der Waals surface area (Å²) in [6.45, 7) is 1.74. The van der Waals surface area contributed by atoms with E-state index < -0.39 is 5.63 Å². The minimum absolute atomic E-state index is 0.106. The predicted octanol–water partition coefficient (Wildman–Crippen LogP) is 5.81. The predicted molar refractivity (Wildman–Crippen MR) is 130 cm³/mol. The fourth-order valence-electron chi connectivity index (χ4n) is 3.61. The van der Waals surface area contributed by atoms with Crippen molar-refractivity contribution in [1.29, 1.82) is 0 Å². The Labute approximate surface area is 198 Å². The zero-order chi connectivity index (χ0) is 23.5. The van der Waals surface area contributed by atoms with Crippen molar-refractivity contribution in [2.45, 2.75) is 6.92 Å². The molecular formula is C26H21BrO6. The first-order valence-corrected chi connectivity index (χ1v) is 10.9. The van der Waals surface area contributed by atoms with Crippen LogP contribution in [0, 0.1) is 6.92 Å². The first kappa shape index (κ1) is 22.6. The van der Waals surface area contributed by atoms with Crippen LogP contribution in [-0.2, 0) is 0 Å². The standard InChI is InChI=1S/C26H21BrO6/c1-15-20-13-19(32-14-21(28)16-4-7-18(27)8-5-16)9-11-22(20)33-26(29)25(15)17-6-10-23(30-2)24(12-17)31-3/h4-13H,14H2,1-3H3. The van der Waals surface area contributed by atoms with Gasteiger partial charge in [0.2, 0.25) is 0 Å². The third-order valence-electron chi connectivity index (χ3n) is 5.35. The van der Waals surface area contributed by atoms with Crippen LogP contribution in [0.3, 0.4) is 0 Å². The van der Waals surface area contributed by atoms with Crippen molar-refractivity contribution in [3.8, 4) is 28.4 Å². The highest BCUT2D eigenvalue weighted by Crippen LogP contribution is 2.34. The van der Waals surface area contributed by atoms with Crippen molar-refractivity contribution in [3.05, 3.63) is 86.7 Å². The summed E-state index contributed by atoms with van der Waals surface area (Å²) in [6.07, 6.45) is 0. The van der Waals surface area contributed by atoms with E-state index in [-0.39, 0.29) is 12.4 Å². The van der Waals surface area contributed by atoms with Gasteiger partial charge in [0.15, 0.2) is 23.9 Å². The number of hydrogen-bond donors (Lipinski definition) is 0. The van der Waals surface area contributed by atoms with Crippen LogP contribution in [0.4, 0.5) is 0 Å². The van der Waals surface area contributed by atoms with E-state index in [4.69, 9.17) is 18.6 Å². The van der Waals surface area contributed by atoms with Gasteiger partial charge < -0.3 is 18.6 Å². The molecule has 0 amide bonds. The summed E-state index contributed by atoms with van der Waals surface area (Å²) in [6, 6.07) is 17.5. The number of rotatable bonds is 7. The molecule has 0 aliphatic heterocycles. The molecule has 0 spiro atoms. The smallest absolute Gasteiger partial charge is 0.344 e. The van der Waals surface area contributed by atoms with Crippen LogP contribution < -0.4 is 19.8 Å². The summed E-state index contributed by atoms with van der Waals surface area (Å²) in [5, 5.41) is 0.716. The Balaban J connectivity index is 1.67. The summed E-state index contributed by atoms with van der Waals surface area (Å²) >= 11 is 3.36. The number of Topliss-reactive ketones (excluding diaryl/α,β-unsaturated/α-hetero) is 1. The van der Waals surface area contributed by atoms with Gasteiger partial charge in [0.25, 0.3) is 0 Å². The summed E-state index contributed by atoms with van der Waals surface area (Å²) in [4.78, 5) is 25.2. The van der Waals surface area contributed by atoms with Crippen molar-refractivity contribution >= 4 is 32.7 Å². The Bertz CT molecular complexity index is 1390. The molecule has 7 heteroatoms. The molecule has 4 rings (SSSR count). The molecule has 0 aliphatic carbocycles. The van der Waals surface area contributed by atoms with Gasteiger partial charge in [0.1, 0.15) is 11.3 Å². The molecule has 0 aliphatic rings. The van der Waals surface area contributed by atoms with E-state index >= 15 is 0 Å². The number of carbonyl (C=O) groups excluding carboxylic acids is 1. The zero-order valence-electron chi connectivity index (χ0n) is 18.3. The number of aryl methyl sites for hydroxylation is 1. The molecule has 168 valence electrons. The molecule has 0 radical (unpaired) electrons. The van der Waals surface area contributed by atoms with Gasteiger partial charge >= 0.3 is 5.63 Å². The van der Waals surface area contributed by atoms with Crippen LogP contribution in [-0.4, -0.2) is 26.6 Å². The van der Waals surface area contributed by atoms with Crippen LogP contribution in [0.25, 0.3) is 22.1 Å². The fourth-order valence-corrected chi connectivity index (χ4v) is 3.88. The van der Waals surface area contributed by atoms with Gasteiger partial charge in [-0.2, -0.15) is 0 Å². The normalized spacial score (nSPS) is 10.8. The van der Waals surface area contributed by atoms with Gasteiger partial charge in [-0.1, -0.05) is 34.1 Å². The number of methoxy groups -OCH3 is 2. The first-order chi connectivity index (χ1) is 15.9. The average molecular weight is 509 g/mol. The summed E-state index contributed by atoms with van der Waals surface area (Å²) < 4.78 is 22.9. The van der Waals surface area contributed by atoms with Gasteiger partial charge in [-0.3, -0.25) is 4.79 Å². The Morgan fingerprint density at radius 3 is 2.36 bits per heavy atom. The minimum atomic E-state index is -0.452. The molecule has 0 unspecified atom stereocenters. The van der Waals surface area contributed by atoms with Crippen LogP contribution >= 0.6 is 15.9 Å². The highest BCUT2D eigenvalue weighted by Gasteiger charge is 2.16. The number of fused-ring (bicyclic) bond motifs is 1. The van der Waals surface area contributed by atoms with E-state index in [1.807, 2.05) is 19.1 Å². The van der Waals surface area contributed by atoms with Crippen molar-refractivity contribution in [2.24, 2.45) is 0 Å². The van der Waals surface area contributed by atoms with Crippen molar-refractivity contribution < 1.29 is 23.4 Å². The van der Waals surface area contributed by atoms with Gasteiger partial charge in [-0.25, -0.2) is 4.79 Å². The second-order valence-corrected chi connectivity index (χ2v) is 8.25. The van der Waals surface area contributed by atoms with E-state index in [0.717, 1.165) is 10.0 Å². The Morgan fingerprint density at radius 1 is 0.939 bits per heavy atom. The van der Waals surface area contributed by atoms with Crippen LogP contribution in [0.2, 0.25) is 0 Å². The quantitative estimate of drug-likeness (QED) is 0.231. The van der Waals surface area contributed by atoms with Gasteiger partial charge in [-0.15, -0.1) is 0 Å². The lowest BCUT2D eigenvalue weighted by molar-refractivity contribution is 0.0921. The molecule has 33 heavy (non-hydrogen) atoms. The molecule has 0 atom stereocenters. The lowest BCUT2D eigenvalue weighted by atomic mass is 9.99. The number of carbonyl (C=O) groups is 1. The average Bonchev–Trinajstić information content (AvgIpc) is 2.83. The second-order valence-electron chi connectivity index (χ2n) is 7.34. The Morgan fingerprint density at radius 2 is 1.67 bits per heavy atom. The van der Waals surface area contributed by atoms with E-state index in [1.54, 1.807) is 55.6 Å². The van der Waals surface area contributed by atoms with E-state index in [2.05, 4.69) is 15.9 Å². The van der Waals surface area contributed by atoms with E-state index in [0.29, 0.717) is 44.9 Å². The molecule has 3 aromatic carbocycles. The van der Waals surface area contributed by atoms with Crippen LogP contribution in [0.15, 0.2) is 74.3 Å². The molecule has 0 saturated carbocycles. The maximum atomic E-state index is 12.8. The molecule has 6 nitrogen and oxygen atoms in total. The fraction of sp³-hybridized carbons (Fsp3) is 0.154. The highest BCUT2D eigenvalue weighted by atomic mass is 79.9. The van der Waals surface area contributed by atoms with Crippen LogP contribution in [0.1, 0.15) is 15.9 Å². The second kappa shape index (κ2) is 9.50. The molecular weight excluding hydrogens is 488 g/mol. The Kier molecular flexibility index (Phi) is 6.51. The molecule has 1 heterocycles. The van der Waals surface area contributed by atoms with Gasteiger partial charge in [0, 0.05) is 15.4 Å². The number of benzene rings is 3. The van der Waals surface area contributed by atoms with Gasteiger partial charge in [0.05, 0.1) is 19.8 Å². The zero-order valence-corrected chi connectivity index (χ0v) is 19.9. The summed E-state index contributed by atoms with van der Waals surface area (Å²) in [7, 11) is 3.09.